The van der Waals surface area contributed by atoms with Gasteiger partial charge < -0.3 is 10.6 Å². The molecule has 164 valence electrons. The Morgan fingerprint density at radius 1 is 0.875 bits per heavy atom. The Balaban J connectivity index is 1.71. The van der Waals surface area contributed by atoms with E-state index in [0.717, 1.165) is 22.4 Å². The summed E-state index contributed by atoms with van der Waals surface area (Å²) in [5.41, 5.74) is 2.51. The number of rotatable bonds is 9. The predicted octanol–water partition coefficient (Wildman–Crippen LogP) is 3.26. The number of carbonyl (C=O) groups excluding carboxylic acids is 2. The van der Waals surface area contributed by atoms with E-state index in [2.05, 4.69) is 52.3 Å². The van der Waals surface area contributed by atoms with Crippen LogP contribution >= 0.6 is 11.8 Å². The fourth-order valence-corrected chi connectivity index (χ4v) is 5.15. The summed E-state index contributed by atoms with van der Waals surface area (Å²) in [7, 11) is 0. The number of benzene rings is 3. The number of nitrogens with one attached hydrogen (secondary N) is 3. The van der Waals surface area contributed by atoms with Gasteiger partial charge in [-0.1, -0.05) is 91.0 Å². The Hall–Kier alpha value is -3.09. The third-order valence-corrected chi connectivity index (χ3v) is 6.82. The zero-order valence-corrected chi connectivity index (χ0v) is 18.8. The van der Waals surface area contributed by atoms with Gasteiger partial charge in [-0.2, -0.15) is 0 Å². The van der Waals surface area contributed by atoms with E-state index in [1.54, 1.807) is 11.8 Å². The van der Waals surface area contributed by atoms with Crippen LogP contribution < -0.4 is 16.0 Å². The molecule has 3 N–H and O–H groups in total. The summed E-state index contributed by atoms with van der Waals surface area (Å²) in [5, 5.41) is 9.48. The first-order chi connectivity index (χ1) is 15.6. The first-order valence-electron chi connectivity index (χ1n) is 10.7. The molecule has 2 atom stereocenters. The van der Waals surface area contributed by atoms with Crippen LogP contribution in [-0.4, -0.2) is 35.5 Å². The molecule has 1 heterocycles. The highest BCUT2D eigenvalue weighted by atomic mass is 32.2. The van der Waals surface area contributed by atoms with Crippen molar-refractivity contribution >= 4 is 23.6 Å². The Labute approximate surface area is 193 Å². The van der Waals surface area contributed by atoms with Gasteiger partial charge in [-0.3, -0.25) is 14.9 Å². The molecule has 6 heteroatoms. The van der Waals surface area contributed by atoms with Crippen molar-refractivity contribution in [1.29, 1.82) is 0 Å². The lowest BCUT2D eigenvalue weighted by molar-refractivity contribution is -0.130. The number of amides is 2. The topological polar surface area (TPSA) is 70.2 Å². The van der Waals surface area contributed by atoms with E-state index in [1.165, 1.54) is 6.92 Å². The average Bonchev–Trinajstić information content (AvgIpc) is 2.83. The molecule has 0 bridgehead atoms. The van der Waals surface area contributed by atoms with Crippen LogP contribution in [0, 0.1) is 0 Å². The summed E-state index contributed by atoms with van der Waals surface area (Å²) < 4.78 is 0. The normalized spacial score (nSPS) is 17.8. The lowest BCUT2D eigenvalue weighted by Crippen LogP contribution is -2.70. The summed E-state index contributed by atoms with van der Waals surface area (Å²) >= 11 is 1.63. The van der Waals surface area contributed by atoms with Crippen LogP contribution in [0.2, 0.25) is 0 Å². The maximum absolute atomic E-state index is 12.7. The largest absolute Gasteiger partial charge is 0.356 e. The van der Waals surface area contributed by atoms with Gasteiger partial charge >= 0.3 is 0 Å². The Morgan fingerprint density at radius 3 is 1.75 bits per heavy atom. The molecule has 32 heavy (non-hydrogen) atoms. The molecule has 3 aromatic rings. The molecule has 5 nitrogen and oxygen atoms in total. The van der Waals surface area contributed by atoms with E-state index in [9.17, 15) is 9.59 Å². The molecule has 3 aromatic carbocycles. The predicted molar refractivity (Wildman–Crippen MR) is 129 cm³/mol. The van der Waals surface area contributed by atoms with Crippen molar-refractivity contribution in [3.8, 4) is 0 Å². The highest BCUT2D eigenvalue weighted by Gasteiger charge is 2.47. The van der Waals surface area contributed by atoms with Crippen molar-refractivity contribution in [3.63, 3.8) is 0 Å². The molecule has 0 radical (unpaired) electrons. The summed E-state index contributed by atoms with van der Waals surface area (Å²) in [6.45, 7) is 2.08. The average molecular weight is 446 g/mol. The molecule has 4 rings (SSSR count). The molecule has 1 aliphatic rings. The van der Waals surface area contributed by atoms with Crippen LogP contribution in [0.1, 0.15) is 23.6 Å². The van der Waals surface area contributed by atoms with Gasteiger partial charge in [0, 0.05) is 19.2 Å². The van der Waals surface area contributed by atoms with Gasteiger partial charge in [0.15, 0.2) is 0 Å². The van der Waals surface area contributed by atoms with Crippen LogP contribution in [-0.2, 0) is 15.1 Å². The van der Waals surface area contributed by atoms with Gasteiger partial charge in [0.1, 0.15) is 6.04 Å². The second kappa shape index (κ2) is 10.0. The van der Waals surface area contributed by atoms with E-state index in [-0.39, 0.29) is 23.2 Å². The molecule has 0 aliphatic carbocycles. The number of hydrogen-bond donors (Lipinski definition) is 3. The Bertz CT molecular complexity index is 948. The van der Waals surface area contributed by atoms with E-state index in [1.807, 2.05) is 54.6 Å². The second-order valence-corrected chi connectivity index (χ2v) is 9.00. The monoisotopic (exact) mass is 445 g/mol. The molecule has 1 aliphatic heterocycles. The fraction of sp³-hybridized carbons (Fsp3) is 0.231. The minimum atomic E-state index is -0.692. The number of β-lactam (4-membered cyclic amide) rings is 1. The summed E-state index contributed by atoms with van der Waals surface area (Å²) in [6, 6.07) is 30.4. The molecular weight excluding hydrogens is 418 g/mol. The fourth-order valence-electron chi connectivity index (χ4n) is 4.09. The van der Waals surface area contributed by atoms with Crippen LogP contribution in [0.25, 0.3) is 0 Å². The number of thioether (sulfide) groups is 1. The summed E-state index contributed by atoms with van der Waals surface area (Å²) in [4.78, 5) is 23.8. The van der Waals surface area contributed by atoms with Crippen LogP contribution in [0.5, 0.6) is 0 Å². The molecule has 0 spiro atoms. The molecule has 1 fully saturated rings. The number of hydrogen-bond acceptors (Lipinski definition) is 4. The van der Waals surface area contributed by atoms with Crippen molar-refractivity contribution in [2.45, 2.75) is 23.9 Å². The molecule has 0 saturated carbocycles. The molecule has 2 unspecified atom stereocenters. The summed E-state index contributed by atoms with van der Waals surface area (Å²) in [5.74, 6) is 0.654. The second-order valence-electron chi connectivity index (χ2n) is 7.75. The maximum atomic E-state index is 12.7. The standard InChI is InChI=1S/C26H27N3O2S/c1-19(30)27-17-18-32-25-23(24(31)28-25)29-26(20-11-5-2-6-12-20,21-13-7-3-8-14-21)22-15-9-4-10-16-22/h2-16,23,25,29H,17-18H2,1H3,(H,27,30)(H,28,31). The van der Waals surface area contributed by atoms with Crippen molar-refractivity contribution in [1.82, 2.24) is 16.0 Å². The zero-order valence-electron chi connectivity index (χ0n) is 18.0. The zero-order chi connectivity index (χ0) is 22.4. The molecule has 1 saturated heterocycles. The van der Waals surface area contributed by atoms with E-state index < -0.39 is 5.54 Å². The van der Waals surface area contributed by atoms with Gasteiger partial charge in [0.2, 0.25) is 11.8 Å². The van der Waals surface area contributed by atoms with Gasteiger partial charge in [0.05, 0.1) is 10.9 Å². The van der Waals surface area contributed by atoms with Gasteiger partial charge in [-0.15, -0.1) is 11.8 Å². The van der Waals surface area contributed by atoms with E-state index in [0.29, 0.717) is 6.54 Å². The van der Waals surface area contributed by atoms with Crippen molar-refractivity contribution in [2.24, 2.45) is 0 Å². The van der Waals surface area contributed by atoms with Gasteiger partial charge in [-0.05, 0) is 16.7 Å². The van der Waals surface area contributed by atoms with Gasteiger partial charge in [0.25, 0.3) is 0 Å². The van der Waals surface area contributed by atoms with E-state index >= 15 is 0 Å². The Kier molecular flexibility index (Phi) is 6.93. The molecule has 2 amide bonds. The Morgan fingerprint density at radius 2 is 1.34 bits per heavy atom. The van der Waals surface area contributed by atoms with Gasteiger partial charge in [-0.25, -0.2) is 0 Å². The first kappa shape index (κ1) is 22.1. The van der Waals surface area contributed by atoms with Crippen LogP contribution in [0.15, 0.2) is 91.0 Å². The van der Waals surface area contributed by atoms with E-state index in [4.69, 9.17) is 0 Å². The van der Waals surface area contributed by atoms with Crippen molar-refractivity contribution < 1.29 is 9.59 Å². The summed E-state index contributed by atoms with van der Waals surface area (Å²) in [6.07, 6.45) is 0. The SMILES string of the molecule is CC(=O)NCCSC1NC(=O)C1NC(c1ccccc1)(c1ccccc1)c1ccccc1. The minimum Gasteiger partial charge on any atom is -0.356 e. The third kappa shape index (κ3) is 4.56. The lowest BCUT2D eigenvalue weighted by atomic mass is 9.76. The third-order valence-electron chi connectivity index (χ3n) is 5.64. The quantitative estimate of drug-likeness (QED) is 0.269. The smallest absolute Gasteiger partial charge is 0.241 e. The van der Waals surface area contributed by atoms with Crippen LogP contribution in [0.4, 0.5) is 0 Å². The lowest BCUT2D eigenvalue weighted by Gasteiger charge is -2.45. The minimum absolute atomic E-state index is 0.0193. The number of carbonyl (C=O) groups is 2. The molecular formula is C26H27N3O2S. The van der Waals surface area contributed by atoms with Crippen molar-refractivity contribution in [3.05, 3.63) is 108 Å². The highest BCUT2D eigenvalue weighted by Crippen LogP contribution is 2.38. The maximum Gasteiger partial charge on any atom is 0.241 e. The van der Waals surface area contributed by atoms with Crippen molar-refractivity contribution in [2.75, 3.05) is 12.3 Å². The highest BCUT2D eigenvalue weighted by molar-refractivity contribution is 8.00. The van der Waals surface area contributed by atoms with Crippen LogP contribution in [0.3, 0.4) is 0 Å². The molecule has 0 aromatic heterocycles. The first-order valence-corrected chi connectivity index (χ1v) is 11.8.